The van der Waals surface area contributed by atoms with Crippen LogP contribution in [0.3, 0.4) is 0 Å². The van der Waals surface area contributed by atoms with E-state index < -0.39 is 0 Å². The molecule has 7 nitrogen and oxygen atoms in total. The maximum absolute atomic E-state index is 12.1. The molecule has 7 heteroatoms. The maximum atomic E-state index is 12.1. The van der Waals surface area contributed by atoms with Crippen molar-refractivity contribution in [3.05, 3.63) is 78.4 Å². The third kappa shape index (κ3) is 5.08. The molecule has 0 spiro atoms. The van der Waals surface area contributed by atoms with E-state index in [0.717, 1.165) is 28.1 Å². The van der Waals surface area contributed by atoms with Gasteiger partial charge in [-0.25, -0.2) is 0 Å². The molecule has 0 radical (unpaired) electrons. The summed E-state index contributed by atoms with van der Waals surface area (Å²) < 4.78 is 16.1. The van der Waals surface area contributed by atoms with Crippen molar-refractivity contribution < 1.29 is 18.8 Å². The topological polar surface area (TPSA) is 86.5 Å². The lowest BCUT2D eigenvalue weighted by Gasteiger charge is -2.08. The van der Waals surface area contributed by atoms with Gasteiger partial charge in [-0.2, -0.15) is 4.98 Å². The minimum absolute atomic E-state index is 0.0879. The van der Waals surface area contributed by atoms with Crippen LogP contribution < -0.4 is 14.8 Å². The highest BCUT2D eigenvalue weighted by atomic mass is 16.5. The highest BCUT2D eigenvalue weighted by molar-refractivity contribution is 5.91. The molecule has 4 rings (SSSR count). The number of amides is 1. The van der Waals surface area contributed by atoms with E-state index in [4.69, 9.17) is 14.0 Å². The lowest BCUT2D eigenvalue weighted by atomic mass is 10.2. The number of nitrogens with one attached hydrogen (secondary N) is 1. The number of methoxy groups -OCH3 is 1. The van der Waals surface area contributed by atoms with Gasteiger partial charge < -0.3 is 19.3 Å². The highest BCUT2D eigenvalue weighted by Gasteiger charge is 2.11. The molecule has 0 saturated heterocycles. The van der Waals surface area contributed by atoms with Gasteiger partial charge in [0, 0.05) is 16.8 Å². The van der Waals surface area contributed by atoms with Gasteiger partial charge in [0.2, 0.25) is 5.82 Å². The molecule has 3 aromatic carbocycles. The first-order valence-corrected chi connectivity index (χ1v) is 9.68. The lowest BCUT2D eigenvalue weighted by molar-refractivity contribution is -0.118. The van der Waals surface area contributed by atoms with E-state index in [1.54, 1.807) is 31.4 Å². The second kappa shape index (κ2) is 9.13. The third-order valence-electron chi connectivity index (χ3n) is 4.58. The van der Waals surface area contributed by atoms with Gasteiger partial charge in [-0.3, -0.25) is 4.79 Å². The summed E-state index contributed by atoms with van der Waals surface area (Å²) in [5, 5.41) is 6.83. The molecule has 0 aliphatic carbocycles. The number of carbonyl (C=O) groups is 1. The minimum atomic E-state index is -0.228. The SMILES string of the molecule is COc1ccc(-c2noc(-c3ccc(OCC(=O)Nc4ccc(C)cc4)cc3)n2)cc1. The zero-order chi connectivity index (χ0) is 21.6. The second-order valence-corrected chi connectivity index (χ2v) is 6.88. The predicted octanol–water partition coefficient (Wildman–Crippen LogP) is 4.74. The molecule has 0 bridgehead atoms. The van der Waals surface area contributed by atoms with E-state index in [1.165, 1.54) is 0 Å². The molecule has 156 valence electrons. The molecule has 0 aliphatic rings. The fourth-order valence-corrected chi connectivity index (χ4v) is 2.87. The first-order chi connectivity index (χ1) is 15.1. The number of hydrogen-bond acceptors (Lipinski definition) is 6. The zero-order valence-electron chi connectivity index (χ0n) is 17.2. The fourth-order valence-electron chi connectivity index (χ4n) is 2.87. The van der Waals surface area contributed by atoms with E-state index in [-0.39, 0.29) is 12.5 Å². The largest absolute Gasteiger partial charge is 0.497 e. The Morgan fingerprint density at radius 3 is 2.23 bits per heavy atom. The van der Waals surface area contributed by atoms with Crippen molar-refractivity contribution in [1.82, 2.24) is 10.1 Å². The van der Waals surface area contributed by atoms with Crippen LogP contribution in [0.2, 0.25) is 0 Å². The molecule has 1 heterocycles. The van der Waals surface area contributed by atoms with Gasteiger partial charge in [0.05, 0.1) is 7.11 Å². The Labute approximate surface area is 179 Å². The molecule has 0 unspecified atom stereocenters. The summed E-state index contributed by atoms with van der Waals surface area (Å²) in [7, 11) is 1.62. The van der Waals surface area contributed by atoms with Gasteiger partial charge in [-0.05, 0) is 67.6 Å². The molecular weight excluding hydrogens is 394 g/mol. The number of aryl methyl sites for hydroxylation is 1. The molecule has 0 saturated carbocycles. The van der Waals surface area contributed by atoms with Crippen LogP contribution in [0.1, 0.15) is 5.56 Å². The smallest absolute Gasteiger partial charge is 0.262 e. The monoisotopic (exact) mass is 415 g/mol. The van der Waals surface area contributed by atoms with E-state index in [2.05, 4.69) is 15.5 Å². The summed E-state index contributed by atoms with van der Waals surface area (Å²) in [4.78, 5) is 16.5. The van der Waals surface area contributed by atoms with Crippen LogP contribution in [0.5, 0.6) is 11.5 Å². The Morgan fingerprint density at radius 1 is 0.903 bits per heavy atom. The number of carbonyl (C=O) groups excluding carboxylic acids is 1. The number of benzene rings is 3. The predicted molar refractivity (Wildman–Crippen MR) is 117 cm³/mol. The summed E-state index contributed by atoms with van der Waals surface area (Å²) in [6, 6.07) is 22.1. The van der Waals surface area contributed by atoms with Crippen molar-refractivity contribution in [3.63, 3.8) is 0 Å². The van der Waals surface area contributed by atoms with Crippen molar-refractivity contribution in [3.8, 4) is 34.3 Å². The highest BCUT2D eigenvalue weighted by Crippen LogP contribution is 2.25. The number of hydrogen-bond donors (Lipinski definition) is 1. The molecule has 0 atom stereocenters. The third-order valence-corrected chi connectivity index (χ3v) is 4.58. The van der Waals surface area contributed by atoms with Crippen LogP contribution >= 0.6 is 0 Å². The average Bonchev–Trinajstić information content (AvgIpc) is 3.30. The van der Waals surface area contributed by atoms with E-state index in [9.17, 15) is 4.79 Å². The first-order valence-electron chi connectivity index (χ1n) is 9.68. The van der Waals surface area contributed by atoms with Crippen molar-refractivity contribution in [2.24, 2.45) is 0 Å². The van der Waals surface area contributed by atoms with Crippen LogP contribution in [-0.2, 0) is 4.79 Å². The fraction of sp³-hybridized carbons (Fsp3) is 0.125. The van der Waals surface area contributed by atoms with Gasteiger partial charge in [-0.1, -0.05) is 22.9 Å². The van der Waals surface area contributed by atoms with Crippen molar-refractivity contribution >= 4 is 11.6 Å². The quantitative estimate of drug-likeness (QED) is 0.469. The molecule has 1 N–H and O–H groups in total. The van der Waals surface area contributed by atoms with Gasteiger partial charge in [0.15, 0.2) is 6.61 Å². The number of nitrogens with zero attached hydrogens (tertiary/aromatic N) is 2. The molecule has 1 amide bonds. The van der Waals surface area contributed by atoms with Crippen LogP contribution in [0.15, 0.2) is 77.3 Å². The van der Waals surface area contributed by atoms with E-state index >= 15 is 0 Å². The van der Waals surface area contributed by atoms with Crippen molar-refractivity contribution in [2.75, 3.05) is 19.0 Å². The Hall–Kier alpha value is -4.13. The standard InChI is InChI=1S/C24H21N3O4/c1-16-3-9-19(10-4-16)25-22(28)15-30-21-13-7-18(8-14-21)24-26-23(27-31-24)17-5-11-20(29-2)12-6-17/h3-14H,15H2,1-2H3,(H,25,28). The van der Waals surface area contributed by atoms with Crippen LogP contribution in [0, 0.1) is 6.92 Å². The van der Waals surface area contributed by atoms with Gasteiger partial charge in [0.25, 0.3) is 11.8 Å². The van der Waals surface area contributed by atoms with Crippen molar-refractivity contribution in [2.45, 2.75) is 6.92 Å². The van der Waals surface area contributed by atoms with Gasteiger partial charge in [0.1, 0.15) is 11.5 Å². The molecular formula is C24H21N3O4. The van der Waals surface area contributed by atoms with Crippen LogP contribution in [-0.4, -0.2) is 29.8 Å². The van der Waals surface area contributed by atoms with Crippen molar-refractivity contribution in [1.29, 1.82) is 0 Å². The Morgan fingerprint density at radius 2 is 1.55 bits per heavy atom. The molecule has 0 aliphatic heterocycles. The number of rotatable bonds is 7. The number of anilines is 1. The average molecular weight is 415 g/mol. The van der Waals surface area contributed by atoms with E-state index in [1.807, 2.05) is 55.5 Å². The molecule has 1 aromatic heterocycles. The second-order valence-electron chi connectivity index (χ2n) is 6.88. The lowest BCUT2D eigenvalue weighted by Crippen LogP contribution is -2.20. The van der Waals surface area contributed by atoms with Gasteiger partial charge >= 0.3 is 0 Å². The van der Waals surface area contributed by atoms with E-state index in [0.29, 0.717) is 17.5 Å². The summed E-state index contributed by atoms with van der Waals surface area (Å²) in [5.41, 5.74) is 3.45. The summed E-state index contributed by atoms with van der Waals surface area (Å²) in [6.07, 6.45) is 0. The molecule has 4 aromatic rings. The Balaban J connectivity index is 1.35. The summed E-state index contributed by atoms with van der Waals surface area (Å²) in [5.74, 6) is 1.99. The summed E-state index contributed by atoms with van der Waals surface area (Å²) >= 11 is 0. The van der Waals surface area contributed by atoms with Crippen LogP contribution in [0.4, 0.5) is 5.69 Å². The molecule has 31 heavy (non-hydrogen) atoms. The Bertz CT molecular complexity index is 1150. The zero-order valence-corrected chi connectivity index (χ0v) is 17.2. The number of aromatic nitrogens is 2. The first kappa shape index (κ1) is 20.2. The number of ether oxygens (including phenoxy) is 2. The summed E-state index contributed by atoms with van der Waals surface area (Å²) in [6.45, 7) is 1.90. The normalized spacial score (nSPS) is 10.5. The minimum Gasteiger partial charge on any atom is -0.497 e. The molecule has 0 fully saturated rings. The Kier molecular flexibility index (Phi) is 5.93. The van der Waals surface area contributed by atoms with Gasteiger partial charge in [-0.15, -0.1) is 0 Å². The maximum Gasteiger partial charge on any atom is 0.262 e. The van der Waals surface area contributed by atoms with Crippen LogP contribution in [0.25, 0.3) is 22.8 Å².